The highest BCUT2D eigenvalue weighted by molar-refractivity contribution is 5.80. The Balaban J connectivity index is 2.00. The highest BCUT2D eigenvalue weighted by atomic mass is 16.3. The number of hydrogen-bond donors (Lipinski definition) is 3. The van der Waals surface area contributed by atoms with Gasteiger partial charge in [0.15, 0.2) is 12.6 Å². The standard InChI is InChI=1S/C24H22O5/c1-14-7-18(8-16-3-5-22(27)19(9-16)12-25)24(29)21(15(14)2)11-17-4-6-23(28)20(10-17)13-26/h3-7,9-10,12-13,27-29H,8,11H2,1-2H3. The molecule has 0 aliphatic carbocycles. The summed E-state index contributed by atoms with van der Waals surface area (Å²) < 4.78 is 0. The van der Waals surface area contributed by atoms with Crippen LogP contribution in [-0.4, -0.2) is 27.9 Å². The number of rotatable bonds is 6. The summed E-state index contributed by atoms with van der Waals surface area (Å²) in [6.45, 7) is 3.89. The number of aromatic hydroxyl groups is 3. The molecule has 0 bridgehead atoms. The fourth-order valence-electron chi connectivity index (χ4n) is 3.44. The maximum Gasteiger partial charge on any atom is 0.153 e. The molecule has 0 aliphatic heterocycles. The molecule has 3 N–H and O–H groups in total. The van der Waals surface area contributed by atoms with Crippen molar-refractivity contribution in [2.75, 3.05) is 0 Å². The maximum atomic E-state index is 11.1. The van der Waals surface area contributed by atoms with E-state index in [2.05, 4.69) is 0 Å². The van der Waals surface area contributed by atoms with Gasteiger partial charge in [0.05, 0.1) is 11.1 Å². The van der Waals surface area contributed by atoms with E-state index in [1.165, 1.54) is 12.1 Å². The van der Waals surface area contributed by atoms with Crippen LogP contribution in [0.2, 0.25) is 0 Å². The average Bonchev–Trinajstić information content (AvgIpc) is 2.71. The van der Waals surface area contributed by atoms with Crippen LogP contribution in [-0.2, 0) is 12.8 Å². The molecule has 3 aromatic carbocycles. The highest BCUT2D eigenvalue weighted by Gasteiger charge is 2.15. The number of carbonyl (C=O) groups excluding carboxylic acids is 2. The Bertz CT molecular complexity index is 1100. The molecule has 0 saturated heterocycles. The Hall–Kier alpha value is -3.60. The number of carbonyl (C=O) groups is 2. The topological polar surface area (TPSA) is 94.8 Å². The van der Waals surface area contributed by atoms with E-state index >= 15 is 0 Å². The van der Waals surface area contributed by atoms with Crippen LogP contribution in [0.1, 0.15) is 54.1 Å². The van der Waals surface area contributed by atoms with E-state index in [1.807, 2.05) is 19.9 Å². The van der Waals surface area contributed by atoms with Gasteiger partial charge in [-0.3, -0.25) is 9.59 Å². The minimum Gasteiger partial charge on any atom is -0.507 e. The second kappa shape index (κ2) is 8.19. The van der Waals surface area contributed by atoms with Crippen molar-refractivity contribution in [1.29, 1.82) is 0 Å². The van der Waals surface area contributed by atoms with Crippen LogP contribution in [0.3, 0.4) is 0 Å². The van der Waals surface area contributed by atoms with Crippen LogP contribution >= 0.6 is 0 Å². The number of phenolic OH excluding ortho intramolecular Hbond substituents is 3. The fourth-order valence-corrected chi connectivity index (χ4v) is 3.44. The van der Waals surface area contributed by atoms with Crippen LogP contribution in [0, 0.1) is 13.8 Å². The zero-order valence-electron chi connectivity index (χ0n) is 16.3. The van der Waals surface area contributed by atoms with Crippen molar-refractivity contribution in [2.45, 2.75) is 26.7 Å². The zero-order chi connectivity index (χ0) is 21.1. The highest BCUT2D eigenvalue weighted by Crippen LogP contribution is 2.33. The molecule has 0 unspecified atom stereocenters. The van der Waals surface area contributed by atoms with Crippen molar-refractivity contribution < 1.29 is 24.9 Å². The molecule has 0 heterocycles. The van der Waals surface area contributed by atoms with E-state index in [0.29, 0.717) is 31.0 Å². The van der Waals surface area contributed by atoms with Crippen LogP contribution in [0.4, 0.5) is 0 Å². The first-order chi connectivity index (χ1) is 13.8. The molecule has 0 atom stereocenters. The van der Waals surface area contributed by atoms with Crippen molar-refractivity contribution in [3.63, 3.8) is 0 Å². The van der Waals surface area contributed by atoms with Gasteiger partial charge in [-0.15, -0.1) is 0 Å². The molecule has 29 heavy (non-hydrogen) atoms. The summed E-state index contributed by atoms with van der Waals surface area (Å²) in [5, 5.41) is 30.3. The first-order valence-electron chi connectivity index (χ1n) is 9.19. The largest absolute Gasteiger partial charge is 0.507 e. The van der Waals surface area contributed by atoms with E-state index in [-0.39, 0.29) is 28.4 Å². The van der Waals surface area contributed by atoms with Gasteiger partial charge in [-0.25, -0.2) is 0 Å². The van der Waals surface area contributed by atoms with E-state index in [9.17, 15) is 24.9 Å². The Labute approximate surface area is 168 Å². The molecule has 148 valence electrons. The van der Waals surface area contributed by atoms with Gasteiger partial charge < -0.3 is 15.3 Å². The molecule has 0 amide bonds. The van der Waals surface area contributed by atoms with Crippen molar-refractivity contribution in [3.05, 3.63) is 87.0 Å². The van der Waals surface area contributed by atoms with Gasteiger partial charge in [-0.2, -0.15) is 0 Å². The number of phenols is 3. The Morgan fingerprint density at radius 2 is 1.28 bits per heavy atom. The summed E-state index contributed by atoms with van der Waals surface area (Å²) in [5.41, 5.74) is 5.42. The smallest absolute Gasteiger partial charge is 0.153 e. The van der Waals surface area contributed by atoms with Crippen molar-refractivity contribution in [2.24, 2.45) is 0 Å². The third-order valence-electron chi connectivity index (χ3n) is 5.24. The monoisotopic (exact) mass is 390 g/mol. The van der Waals surface area contributed by atoms with Crippen molar-refractivity contribution in [3.8, 4) is 17.2 Å². The Morgan fingerprint density at radius 3 is 1.79 bits per heavy atom. The number of aryl methyl sites for hydroxylation is 1. The number of aldehydes is 2. The van der Waals surface area contributed by atoms with E-state index < -0.39 is 0 Å². The van der Waals surface area contributed by atoms with Crippen LogP contribution < -0.4 is 0 Å². The molecule has 5 nitrogen and oxygen atoms in total. The quantitative estimate of drug-likeness (QED) is 0.548. The van der Waals surface area contributed by atoms with Gasteiger partial charge >= 0.3 is 0 Å². The molecule has 0 aromatic heterocycles. The lowest BCUT2D eigenvalue weighted by Gasteiger charge is -2.16. The lowest BCUT2D eigenvalue weighted by Crippen LogP contribution is -2.01. The third kappa shape index (κ3) is 4.14. The molecule has 0 aliphatic rings. The third-order valence-corrected chi connectivity index (χ3v) is 5.24. The summed E-state index contributed by atoms with van der Waals surface area (Å²) in [4.78, 5) is 22.2. The first kappa shape index (κ1) is 20.1. The van der Waals surface area contributed by atoms with Gasteiger partial charge in [0.2, 0.25) is 0 Å². The van der Waals surface area contributed by atoms with Gasteiger partial charge in [0.1, 0.15) is 17.2 Å². The molecule has 0 spiro atoms. The van der Waals surface area contributed by atoms with Gasteiger partial charge in [0.25, 0.3) is 0 Å². The lowest BCUT2D eigenvalue weighted by molar-refractivity contribution is 0.111. The van der Waals surface area contributed by atoms with Crippen molar-refractivity contribution in [1.82, 2.24) is 0 Å². The molecule has 0 saturated carbocycles. The summed E-state index contributed by atoms with van der Waals surface area (Å²) in [6.07, 6.45) is 2.00. The molecule has 5 heteroatoms. The molecular formula is C24H22O5. The van der Waals surface area contributed by atoms with Gasteiger partial charge in [0, 0.05) is 18.4 Å². The van der Waals surface area contributed by atoms with Crippen LogP contribution in [0.5, 0.6) is 17.2 Å². The van der Waals surface area contributed by atoms with Crippen LogP contribution in [0.15, 0.2) is 42.5 Å². The number of benzene rings is 3. The fraction of sp³-hybridized carbons (Fsp3) is 0.167. The SMILES string of the molecule is Cc1cc(Cc2ccc(O)c(C=O)c2)c(O)c(Cc2ccc(O)c(C=O)c2)c1C. The summed E-state index contributed by atoms with van der Waals surface area (Å²) in [7, 11) is 0. The second-order valence-electron chi connectivity index (χ2n) is 7.18. The summed E-state index contributed by atoms with van der Waals surface area (Å²) >= 11 is 0. The normalized spacial score (nSPS) is 10.7. The molecule has 3 aromatic rings. The second-order valence-corrected chi connectivity index (χ2v) is 7.18. The summed E-state index contributed by atoms with van der Waals surface area (Å²) in [5.74, 6) is 0.00885. The van der Waals surface area contributed by atoms with Gasteiger partial charge in [-0.05, 0) is 65.9 Å². The average molecular weight is 390 g/mol. The maximum absolute atomic E-state index is 11.1. The minimum absolute atomic E-state index is 0.0760. The zero-order valence-corrected chi connectivity index (χ0v) is 16.3. The molecule has 3 rings (SSSR count). The van der Waals surface area contributed by atoms with Crippen molar-refractivity contribution >= 4 is 12.6 Å². The van der Waals surface area contributed by atoms with Crippen LogP contribution in [0.25, 0.3) is 0 Å². The molecule has 0 fully saturated rings. The molecular weight excluding hydrogens is 368 g/mol. The predicted molar refractivity (Wildman–Crippen MR) is 110 cm³/mol. The lowest BCUT2D eigenvalue weighted by atomic mass is 9.90. The predicted octanol–water partition coefficient (Wildman–Crippen LogP) is 4.23. The first-order valence-corrected chi connectivity index (χ1v) is 9.19. The minimum atomic E-state index is -0.0768. The van der Waals surface area contributed by atoms with E-state index in [0.717, 1.165) is 27.8 Å². The van der Waals surface area contributed by atoms with E-state index in [1.54, 1.807) is 24.3 Å². The summed E-state index contributed by atoms with van der Waals surface area (Å²) in [6, 6.07) is 11.5. The Morgan fingerprint density at radius 1 is 0.759 bits per heavy atom. The van der Waals surface area contributed by atoms with E-state index in [4.69, 9.17) is 0 Å². The molecule has 0 radical (unpaired) electrons. The Kier molecular flexibility index (Phi) is 5.69. The number of hydrogen-bond acceptors (Lipinski definition) is 5. The van der Waals surface area contributed by atoms with Gasteiger partial charge in [-0.1, -0.05) is 18.2 Å².